The molecule has 1 aliphatic rings. The Labute approximate surface area is 176 Å². The van der Waals surface area contributed by atoms with Gasteiger partial charge in [0, 0.05) is 37.4 Å². The topological polar surface area (TPSA) is 78.5 Å². The summed E-state index contributed by atoms with van der Waals surface area (Å²) in [6, 6.07) is 8.05. The fourth-order valence-corrected chi connectivity index (χ4v) is 4.53. The number of rotatable bonds is 8. The number of nitrogens with zero attached hydrogens (tertiary/aromatic N) is 1. The molecule has 0 saturated carbocycles. The number of carbonyl (C=O) groups is 1. The van der Waals surface area contributed by atoms with Crippen LogP contribution in [0.25, 0.3) is 0 Å². The van der Waals surface area contributed by atoms with Crippen LogP contribution in [0, 0.1) is 11.8 Å². The van der Waals surface area contributed by atoms with E-state index in [4.69, 9.17) is 0 Å². The molecule has 1 aromatic carbocycles. The van der Waals surface area contributed by atoms with Gasteiger partial charge in [-0.15, -0.1) is 0 Å². The van der Waals surface area contributed by atoms with Crippen LogP contribution in [0.4, 0.5) is 11.4 Å². The van der Waals surface area contributed by atoms with Crippen LogP contribution in [0.3, 0.4) is 0 Å². The van der Waals surface area contributed by atoms with E-state index in [1.807, 2.05) is 12.1 Å². The summed E-state index contributed by atoms with van der Waals surface area (Å²) < 4.78 is 25.7. The van der Waals surface area contributed by atoms with Crippen molar-refractivity contribution in [2.24, 2.45) is 11.8 Å². The molecule has 1 aromatic rings. The molecule has 0 aromatic heterocycles. The average molecular weight is 424 g/mol. The summed E-state index contributed by atoms with van der Waals surface area (Å²) >= 11 is 0. The molecule has 0 spiro atoms. The molecular formula is C22H37N3O3S. The Hall–Kier alpha value is -1.60. The maximum atomic E-state index is 12.1. The molecule has 164 valence electrons. The third-order valence-electron chi connectivity index (χ3n) is 5.31. The van der Waals surface area contributed by atoms with Crippen LogP contribution >= 0.6 is 0 Å². The van der Waals surface area contributed by atoms with Gasteiger partial charge in [0.15, 0.2) is 0 Å². The summed E-state index contributed by atoms with van der Waals surface area (Å²) in [6.07, 6.45) is 2.93. The lowest BCUT2D eigenvalue weighted by atomic mass is 9.91. The van der Waals surface area contributed by atoms with Gasteiger partial charge in [0.1, 0.15) is 0 Å². The van der Waals surface area contributed by atoms with Crippen LogP contribution in [-0.4, -0.2) is 38.7 Å². The summed E-state index contributed by atoms with van der Waals surface area (Å²) in [7, 11) is -3.32. The molecule has 1 saturated heterocycles. The van der Waals surface area contributed by atoms with Gasteiger partial charge in [-0.3, -0.25) is 4.79 Å². The molecule has 0 aliphatic carbocycles. The van der Waals surface area contributed by atoms with E-state index in [0.717, 1.165) is 18.8 Å². The first-order valence-electron chi connectivity index (χ1n) is 10.6. The molecule has 2 atom stereocenters. The molecule has 0 bridgehead atoms. The first-order valence-corrected chi connectivity index (χ1v) is 12.1. The van der Waals surface area contributed by atoms with Crippen LogP contribution < -0.4 is 14.9 Å². The summed E-state index contributed by atoms with van der Waals surface area (Å²) in [5.74, 6) is 1.36. The van der Waals surface area contributed by atoms with E-state index < -0.39 is 14.8 Å². The third-order valence-corrected chi connectivity index (χ3v) is 7.51. The predicted molar refractivity (Wildman–Crippen MR) is 121 cm³/mol. The van der Waals surface area contributed by atoms with Crippen molar-refractivity contribution in [2.45, 2.75) is 65.0 Å². The normalized spacial score (nSPS) is 20.5. The van der Waals surface area contributed by atoms with Crippen molar-refractivity contribution in [3.05, 3.63) is 24.3 Å². The fourth-order valence-electron chi connectivity index (χ4n) is 3.69. The number of hydrogen-bond acceptors (Lipinski definition) is 4. The molecule has 1 amide bonds. The molecular weight excluding hydrogens is 386 g/mol. The largest absolute Gasteiger partial charge is 0.371 e. The minimum atomic E-state index is -3.32. The highest BCUT2D eigenvalue weighted by Gasteiger charge is 2.28. The molecule has 1 fully saturated rings. The number of unbranched alkanes of at least 4 members (excludes halogenated alkanes) is 1. The van der Waals surface area contributed by atoms with Crippen molar-refractivity contribution in [3.63, 3.8) is 0 Å². The second kappa shape index (κ2) is 9.94. The SMILES string of the molecule is C[C@@H]1C[C@H](C)CN(c2ccc(NC(=O)CCCCNS(=O)(=O)C(C)(C)C)cc2)C1. The lowest BCUT2D eigenvalue weighted by Crippen LogP contribution is -2.39. The van der Waals surface area contributed by atoms with E-state index in [2.05, 4.69) is 40.9 Å². The van der Waals surface area contributed by atoms with Gasteiger partial charge in [0.05, 0.1) is 4.75 Å². The van der Waals surface area contributed by atoms with Gasteiger partial charge in [0.25, 0.3) is 0 Å². The average Bonchev–Trinajstić information content (AvgIpc) is 2.60. The molecule has 6 nitrogen and oxygen atoms in total. The highest BCUT2D eigenvalue weighted by atomic mass is 32.2. The number of nitrogens with one attached hydrogen (secondary N) is 2. The second-order valence-electron chi connectivity index (χ2n) is 9.41. The van der Waals surface area contributed by atoms with E-state index in [-0.39, 0.29) is 5.91 Å². The Kier molecular flexibility index (Phi) is 8.11. The van der Waals surface area contributed by atoms with Crippen molar-refractivity contribution in [3.8, 4) is 0 Å². The maximum absolute atomic E-state index is 12.1. The number of anilines is 2. The van der Waals surface area contributed by atoms with Gasteiger partial charge >= 0.3 is 0 Å². The number of carbonyl (C=O) groups excluding carboxylic acids is 1. The standard InChI is InChI=1S/C22H37N3O3S/c1-17-14-18(2)16-25(15-17)20-11-9-19(10-12-20)24-21(26)8-6-7-13-23-29(27,28)22(3,4)5/h9-12,17-18,23H,6-8,13-16H2,1-5H3,(H,24,26)/t17-,18+. The van der Waals surface area contributed by atoms with Crippen LogP contribution in [0.5, 0.6) is 0 Å². The quantitative estimate of drug-likeness (QED) is 0.620. The van der Waals surface area contributed by atoms with Crippen LogP contribution in [0.2, 0.25) is 0 Å². The highest BCUT2D eigenvalue weighted by Crippen LogP contribution is 2.27. The van der Waals surface area contributed by atoms with Gasteiger partial charge in [-0.25, -0.2) is 13.1 Å². The van der Waals surface area contributed by atoms with Gasteiger partial charge in [-0.1, -0.05) is 13.8 Å². The van der Waals surface area contributed by atoms with Crippen molar-refractivity contribution in [1.82, 2.24) is 4.72 Å². The summed E-state index contributed by atoms with van der Waals surface area (Å²) in [5.41, 5.74) is 2.00. The van der Waals surface area contributed by atoms with Crippen LogP contribution in [0.15, 0.2) is 24.3 Å². The van der Waals surface area contributed by atoms with Gasteiger partial charge in [0.2, 0.25) is 15.9 Å². The zero-order chi connectivity index (χ0) is 21.7. The molecule has 1 heterocycles. The molecule has 2 rings (SSSR count). The zero-order valence-corrected chi connectivity index (χ0v) is 19.3. The number of piperidine rings is 1. The first-order chi connectivity index (χ1) is 13.5. The summed E-state index contributed by atoms with van der Waals surface area (Å²) in [4.78, 5) is 14.6. The van der Waals surface area contributed by atoms with Gasteiger partial charge < -0.3 is 10.2 Å². The van der Waals surface area contributed by atoms with E-state index >= 15 is 0 Å². The van der Waals surface area contributed by atoms with Crippen molar-refractivity contribution in [1.29, 1.82) is 0 Å². The molecule has 2 N–H and O–H groups in total. The molecule has 1 aliphatic heterocycles. The Bertz CT molecular complexity index is 759. The number of benzene rings is 1. The molecule has 0 unspecified atom stereocenters. The van der Waals surface area contributed by atoms with Crippen molar-refractivity contribution >= 4 is 27.3 Å². The Morgan fingerprint density at radius 1 is 1.07 bits per heavy atom. The monoisotopic (exact) mass is 423 g/mol. The summed E-state index contributed by atoms with van der Waals surface area (Å²) in [5, 5.41) is 2.92. The Morgan fingerprint density at radius 2 is 1.66 bits per heavy atom. The minimum absolute atomic E-state index is 0.0448. The smallest absolute Gasteiger partial charge is 0.224 e. The summed E-state index contributed by atoms with van der Waals surface area (Å²) in [6.45, 7) is 12.1. The van der Waals surface area contributed by atoms with Crippen LogP contribution in [0.1, 0.15) is 60.3 Å². The third kappa shape index (κ3) is 7.30. The van der Waals surface area contributed by atoms with Crippen molar-refractivity contribution in [2.75, 3.05) is 29.9 Å². The number of sulfonamides is 1. The second-order valence-corrected chi connectivity index (χ2v) is 11.9. The Balaban J connectivity index is 1.73. The highest BCUT2D eigenvalue weighted by molar-refractivity contribution is 7.90. The van der Waals surface area contributed by atoms with Gasteiger partial charge in [-0.05, 0) is 76.1 Å². The lowest BCUT2D eigenvalue weighted by Gasteiger charge is -2.36. The van der Waals surface area contributed by atoms with E-state index in [0.29, 0.717) is 37.6 Å². The van der Waals surface area contributed by atoms with E-state index in [1.165, 1.54) is 12.1 Å². The maximum Gasteiger partial charge on any atom is 0.224 e. The van der Waals surface area contributed by atoms with E-state index in [9.17, 15) is 13.2 Å². The fraction of sp³-hybridized carbons (Fsp3) is 0.682. The zero-order valence-electron chi connectivity index (χ0n) is 18.5. The number of amides is 1. The van der Waals surface area contributed by atoms with Crippen molar-refractivity contribution < 1.29 is 13.2 Å². The predicted octanol–water partition coefficient (Wildman–Crippen LogP) is 4.00. The van der Waals surface area contributed by atoms with E-state index in [1.54, 1.807) is 20.8 Å². The molecule has 0 radical (unpaired) electrons. The number of hydrogen-bond donors (Lipinski definition) is 2. The first kappa shape index (κ1) is 23.7. The lowest BCUT2D eigenvalue weighted by molar-refractivity contribution is -0.116. The van der Waals surface area contributed by atoms with Gasteiger partial charge in [-0.2, -0.15) is 0 Å². The van der Waals surface area contributed by atoms with Crippen LogP contribution in [-0.2, 0) is 14.8 Å². The minimum Gasteiger partial charge on any atom is -0.371 e. The molecule has 7 heteroatoms. The molecule has 29 heavy (non-hydrogen) atoms. The Morgan fingerprint density at radius 3 is 2.21 bits per heavy atom.